The van der Waals surface area contributed by atoms with E-state index in [1.54, 1.807) is 0 Å². The maximum atomic E-state index is 11.4. The molecule has 0 bridgehead atoms. The molecule has 1 N–H and O–H groups in total. The van der Waals surface area contributed by atoms with Crippen LogP contribution in [0.15, 0.2) is 0 Å². The predicted molar refractivity (Wildman–Crippen MR) is 49.2 cm³/mol. The fraction of sp³-hybridized carbons (Fsp3) is 0.900. The lowest BCUT2D eigenvalue weighted by molar-refractivity contribution is -0.154. The predicted octanol–water partition coefficient (Wildman–Crippen LogP) is 1.49. The number of carbonyl (C=O) groups excluding carboxylic acids is 1. The van der Waals surface area contributed by atoms with Crippen LogP contribution in [0.2, 0.25) is 0 Å². The molecule has 76 valence electrons. The van der Waals surface area contributed by atoms with Crippen molar-refractivity contribution in [2.45, 2.75) is 51.7 Å². The Kier molecular flexibility index (Phi) is 3.72. The maximum absolute atomic E-state index is 11.4. The number of rotatable bonds is 2. The SMILES string of the molecule is CC(C)OC(=O)C1CCC[C@H](O)C1. The summed E-state index contributed by atoms with van der Waals surface area (Å²) in [7, 11) is 0. The molecule has 0 aliphatic heterocycles. The van der Waals surface area contributed by atoms with Crippen LogP contribution in [0.1, 0.15) is 39.5 Å². The molecule has 0 radical (unpaired) electrons. The Balaban J connectivity index is 2.37. The molecule has 13 heavy (non-hydrogen) atoms. The first-order valence-electron chi connectivity index (χ1n) is 4.98. The van der Waals surface area contributed by atoms with Crippen LogP contribution in [0.25, 0.3) is 0 Å². The zero-order valence-corrected chi connectivity index (χ0v) is 8.32. The van der Waals surface area contributed by atoms with Crippen molar-refractivity contribution in [3.05, 3.63) is 0 Å². The van der Waals surface area contributed by atoms with E-state index in [2.05, 4.69) is 0 Å². The Morgan fingerprint density at radius 2 is 2.15 bits per heavy atom. The van der Waals surface area contributed by atoms with E-state index in [-0.39, 0.29) is 24.1 Å². The van der Waals surface area contributed by atoms with E-state index in [1.165, 1.54) is 0 Å². The molecule has 3 nitrogen and oxygen atoms in total. The Labute approximate surface area is 79.1 Å². The van der Waals surface area contributed by atoms with Gasteiger partial charge in [0.05, 0.1) is 18.1 Å². The first-order valence-corrected chi connectivity index (χ1v) is 4.98. The van der Waals surface area contributed by atoms with Crippen molar-refractivity contribution in [3.63, 3.8) is 0 Å². The van der Waals surface area contributed by atoms with E-state index in [4.69, 9.17) is 4.74 Å². The third kappa shape index (κ3) is 3.35. The van der Waals surface area contributed by atoms with Crippen LogP contribution in [0.4, 0.5) is 0 Å². The molecule has 0 saturated heterocycles. The number of carbonyl (C=O) groups is 1. The van der Waals surface area contributed by atoms with Gasteiger partial charge in [-0.25, -0.2) is 0 Å². The van der Waals surface area contributed by atoms with Gasteiger partial charge in [-0.1, -0.05) is 6.42 Å². The summed E-state index contributed by atoms with van der Waals surface area (Å²) >= 11 is 0. The Morgan fingerprint density at radius 3 is 2.69 bits per heavy atom. The van der Waals surface area contributed by atoms with Crippen molar-refractivity contribution < 1.29 is 14.6 Å². The summed E-state index contributed by atoms with van der Waals surface area (Å²) in [6.45, 7) is 3.69. The van der Waals surface area contributed by atoms with E-state index >= 15 is 0 Å². The van der Waals surface area contributed by atoms with Crippen LogP contribution in [-0.4, -0.2) is 23.3 Å². The normalized spacial score (nSPS) is 28.9. The second-order valence-electron chi connectivity index (χ2n) is 4.00. The van der Waals surface area contributed by atoms with E-state index in [0.29, 0.717) is 6.42 Å². The van der Waals surface area contributed by atoms with Crippen molar-refractivity contribution in [1.29, 1.82) is 0 Å². The van der Waals surface area contributed by atoms with Gasteiger partial charge in [0.25, 0.3) is 0 Å². The lowest BCUT2D eigenvalue weighted by atomic mass is 9.87. The molecule has 2 atom stereocenters. The van der Waals surface area contributed by atoms with Crippen molar-refractivity contribution in [2.75, 3.05) is 0 Å². The number of aliphatic hydroxyl groups excluding tert-OH is 1. The van der Waals surface area contributed by atoms with Gasteiger partial charge in [0.1, 0.15) is 0 Å². The summed E-state index contributed by atoms with van der Waals surface area (Å²) in [5.74, 6) is -0.222. The van der Waals surface area contributed by atoms with Gasteiger partial charge >= 0.3 is 5.97 Å². The van der Waals surface area contributed by atoms with E-state index in [9.17, 15) is 9.90 Å². The monoisotopic (exact) mass is 186 g/mol. The molecule has 1 rings (SSSR count). The van der Waals surface area contributed by atoms with Crippen LogP contribution in [-0.2, 0) is 9.53 Å². The van der Waals surface area contributed by atoms with Gasteiger partial charge in [-0.05, 0) is 33.1 Å². The molecule has 1 aliphatic rings. The van der Waals surface area contributed by atoms with Gasteiger partial charge in [0.2, 0.25) is 0 Å². The molecule has 1 unspecified atom stereocenters. The fourth-order valence-electron chi connectivity index (χ4n) is 1.71. The number of hydrogen-bond donors (Lipinski definition) is 1. The third-order valence-corrected chi connectivity index (χ3v) is 2.33. The van der Waals surface area contributed by atoms with Gasteiger partial charge in [-0.2, -0.15) is 0 Å². The molecule has 0 heterocycles. The molecule has 0 amide bonds. The molecule has 0 aromatic carbocycles. The average molecular weight is 186 g/mol. The average Bonchev–Trinajstić information content (AvgIpc) is 2.03. The van der Waals surface area contributed by atoms with Crippen LogP contribution in [0.3, 0.4) is 0 Å². The number of esters is 1. The first kappa shape index (κ1) is 10.5. The second-order valence-corrected chi connectivity index (χ2v) is 4.00. The standard InChI is InChI=1S/C10H18O3/c1-7(2)13-10(12)8-4-3-5-9(11)6-8/h7-9,11H,3-6H2,1-2H3/t8?,9-/m0/s1. The van der Waals surface area contributed by atoms with Gasteiger partial charge in [0, 0.05) is 0 Å². The van der Waals surface area contributed by atoms with Gasteiger partial charge in [-0.15, -0.1) is 0 Å². The minimum Gasteiger partial charge on any atom is -0.463 e. The molecular formula is C10H18O3. The number of aliphatic hydroxyl groups is 1. The van der Waals surface area contributed by atoms with E-state index in [1.807, 2.05) is 13.8 Å². The van der Waals surface area contributed by atoms with Crippen LogP contribution >= 0.6 is 0 Å². The number of hydrogen-bond acceptors (Lipinski definition) is 3. The van der Waals surface area contributed by atoms with Crippen LogP contribution < -0.4 is 0 Å². The summed E-state index contributed by atoms with van der Waals surface area (Å²) in [5.41, 5.74) is 0. The first-order chi connectivity index (χ1) is 6.09. The quantitative estimate of drug-likeness (QED) is 0.664. The van der Waals surface area contributed by atoms with E-state index < -0.39 is 0 Å². The highest BCUT2D eigenvalue weighted by Gasteiger charge is 2.27. The highest BCUT2D eigenvalue weighted by molar-refractivity contribution is 5.72. The lowest BCUT2D eigenvalue weighted by Crippen LogP contribution is -2.28. The van der Waals surface area contributed by atoms with Crippen molar-refractivity contribution >= 4 is 5.97 Å². The molecule has 3 heteroatoms. The molecule has 0 aromatic heterocycles. The largest absolute Gasteiger partial charge is 0.463 e. The molecular weight excluding hydrogens is 168 g/mol. The molecule has 0 spiro atoms. The second kappa shape index (κ2) is 4.61. The zero-order chi connectivity index (χ0) is 9.84. The van der Waals surface area contributed by atoms with Crippen LogP contribution in [0, 0.1) is 5.92 Å². The van der Waals surface area contributed by atoms with Crippen LogP contribution in [0.5, 0.6) is 0 Å². The summed E-state index contributed by atoms with van der Waals surface area (Å²) in [6, 6.07) is 0. The van der Waals surface area contributed by atoms with Gasteiger partial charge in [0.15, 0.2) is 0 Å². The number of ether oxygens (including phenoxy) is 1. The third-order valence-electron chi connectivity index (χ3n) is 2.33. The smallest absolute Gasteiger partial charge is 0.309 e. The summed E-state index contributed by atoms with van der Waals surface area (Å²) < 4.78 is 5.09. The summed E-state index contributed by atoms with van der Waals surface area (Å²) in [6.07, 6.45) is 2.84. The lowest BCUT2D eigenvalue weighted by Gasteiger charge is -2.24. The zero-order valence-electron chi connectivity index (χ0n) is 8.32. The topological polar surface area (TPSA) is 46.5 Å². The Hall–Kier alpha value is -0.570. The summed E-state index contributed by atoms with van der Waals surface area (Å²) in [5, 5.41) is 9.35. The summed E-state index contributed by atoms with van der Waals surface area (Å²) in [4.78, 5) is 11.4. The van der Waals surface area contributed by atoms with Gasteiger partial charge < -0.3 is 9.84 Å². The van der Waals surface area contributed by atoms with E-state index in [0.717, 1.165) is 19.3 Å². The highest BCUT2D eigenvalue weighted by Crippen LogP contribution is 2.25. The minimum atomic E-state index is -0.307. The Morgan fingerprint density at radius 1 is 1.46 bits per heavy atom. The Bertz CT molecular complexity index is 177. The van der Waals surface area contributed by atoms with Crippen molar-refractivity contribution in [3.8, 4) is 0 Å². The molecule has 1 aliphatic carbocycles. The minimum absolute atomic E-state index is 0.0495. The van der Waals surface area contributed by atoms with Crippen molar-refractivity contribution in [1.82, 2.24) is 0 Å². The maximum Gasteiger partial charge on any atom is 0.309 e. The highest BCUT2D eigenvalue weighted by atomic mass is 16.5. The van der Waals surface area contributed by atoms with Crippen molar-refractivity contribution in [2.24, 2.45) is 5.92 Å². The molecule has 1 saturated carbocycles. The van der Waals surface area contributed by atoms with Gasteiger partial charge in [-0.3, -0.25) is 4.79 Å². The molecule has 0 aromatic rings. The fourth-order valence-corrected chi connectivity index (χ4v) is 1.71. The molecule has 1 fully saturated rings.